The van der Waals surface area contributed by atoms with Gasteiger partial charge in [-0.3, -0.25) is 29.4 Å². The van der Waals surface area contributed by atoms with Crippen molar-refractivity contribution in [3.05, 3.63) is 125 Å². The van der Waals surface area contributed by atoms with Crippen LogP contribution in [0, 0.1) is 5.92 Å². The number of halogens is 4. The lowest BCUT2D eigenvalue weighted by Gasteiger charge is -2.40. The first-order valence-electron chi connectivity index (χ1n) is 24.5. The van der Waals surface area contributed by atoms with Crippen molar-refractivity contribution in [2.24, 2.45) is 5.92 Å². The molecule has 4 aliphatic heterocycles. The number of piperazine rings is 2. The Morgan fingerprint density at radius 2 is 1.07 bits per heavy atom. The van der Waals surface area contributed by atoms with Gasteiger partial charge in [-0.2, -0.15) is 0 Å². The Kier molecular flexibility index (Phi) is 17.5. The molecule has 6 aliphatic rings. The van der Waals surface area contributed by atoms with Crippen molar-refractivity contribution >= 4 is 72.9 Å². The predicted molar refractivity (Wildman–Crippen MR) is 282 cm³/mol. The molecular weight excluding hydrogens is 1040 g/mol. The number of hydrogen-bond donors (Lipinski definition) is 1. The zero-order valence-electron chi connectivity index (χ0n) is 39.2. The average molecular weight is 1110 g/mol. The van der Waals surface area contributed by atoms with Crippen LogP contribution in [-0.2, 0) is 35.3 Å². The highest BCUT2D eigenvalue weighted by atomic mass is 79.9. The van der Waals surface area contributed by atoms with Crippen LogP contribution in [0.25, 0.3) is 0 Å². The monoisotopic (exact) mass is 1110 g/mol. The summed E-state index contributed by atoms with van der Waals surface area (Å²) in [5.41, 5.74) is 9.94. The summed E-state index contributed by atoms with van der Waals surface area (Å²) < 4.78 is 2.02. The maximum absolute atomic E-state index is 13.1. The van der Waals surface area contributed by atoms with E-state index in [1.165, 1.54) is 33.4 Å². The molecule has 370 valence electrons. The zero-order valence-corrected chi connectivity index (χ0v) is 43.9. The molecule has 1 N–H and O–H groups in total. The number of aryl methyl sites for hydroxylation is 4. The van der Waals surface area contributed by atoms with Crippen LogP contribution in [0.15, 0.2) is 69.9 Å². The summed E-state index contributed by atoms with van der Waals surface area (Å²) in [6.07, 6.45) is 12.1. The second-order valence-electron chi connectivity index (χ2n) is 19.5. The number of amides is 4. The Bertz CT molecular complexity index is 2360. The molecule has 0 spiro atoms. The lowest BCUT2D eigenvalue weighted by molar-refractivity contribution is -0.135. The van der Waals surface area contributed by atoms with Gasteiger partial charge in [-0.05, 0) is 179 Å². The van der Waals surface area contributed by atoms with Crippen molar-refractivity contribution in [3.8, 4) is 0 Å². The minimum atomic E-state index is 0. The number of pyridine rings is 2. The van der Waals surface area contributed by atoms with Gasteiger partial charge in [-0.15, -0.1) is 0 Å². The molecule has 0 saturated carbocycles. The molecule has 0 bridgehead atoms. The summed E-state index contributed by atoms with van der Waals surface area (Å²) in [6, 6.07) is 17.4. The summed E-state index contributed by atoms with van der Waals surface area (Å²) in [7, 11) is 2.14. The van der Waals surface area contributed by atoms with Gasteiger partial charge >= 0.3 is 6.03 Å². The second kappa shape index (κ2) is 23.3. The van der Waals surface area contributed by atoms with Gasteiger partial charge in [0.2, 0.25) is 11.8 Å². The Hall–Kier alpha value is -3.63. The molecule has 2 atom stereocenters. The number of likely N-dealkylation sites (tertiary alicyclic amines) is 2. The highest BCUT2D eigenvalue weighted by molar-refractivity contribution is 9.10. The normalized spacial score (nSPS) is 21.5. The highest BCUT2D eigenvalue weighted by Crippen LogP contribution is 2.40. The number of nitrogens with one attached hydrogen (secondary N) is 1. The van der Waals surface area contributed by atoms with Gasteiger partial charge in [0, 0.05) is 116 Å². The molecule has 0 radical (unpaired) electrons. The van der Waals surface area contributed by atoms with Crippen molar-refractivity contribution in [3.63, 3.8) is 0 Å². The first-order chi connectivity index (χ1) is 32.9. The molecule has 12 nitrogen and oxygen atoms in total. The molecule has 69 heavy (non-hydrogen) atoms. The van der Waals surface area contributed by atoms with Crippen molar-refractivity contribution in [1.29, 1.82) is 0 Å². The Balaban J connectivity index is 0.000000184. The molecule has 2 unspecified atom stereocenters. The number of urea groups is 1. The summed E-state index contributed by atoms with van der Waals surface area (Å²) >= 11 is 19.9. The maximum Gasteiger partial charge on any atom is 0.317 e. The third-order valence-corrected chi connectivity index (χ3v) is 16.5. The number of nitrogens with zero attached hydrogens (tertiary/aromatic N) is 8. The van der Waals surface area contributed by atoms with Crippen LogP contribution in [0.2, 0.25) is 10.0 Å². The van der Waals surface area contributed by atoms with Crippen LogP contribution in [-0.4, -0.2) is 149 Å². The summed E-state index contributed by atoms with van der Waals surface area (Å²) in [4.78, 5) is 60.5. The van der Waals surface area contributed by atoms with E-state index in [4.69, 9.17) is 33.2 Å². The van der Waals surface area contributed by atoms with Crippen molar-refractivity contribution < 1.29 is 14.4 Å². The third kappa shape index (κ3) is 12.4. The second-order valence-corrected chi connectivity index (χ2v) is 22.2. The van der Waals surface area contributed by atoms with Gasteiger partial charge in [0.05, 0.1) is 23.5 Å². The Labute approximate surface area is 435 Å². The fraction of sp³-hybridized carbons (Fsp3) is 0.528. The van der Waals surface area contributed by atoms with Crippen molar-refractivity contribution in [2.45, 2.75) is 90.3 Å². The molecule has 4 saturated heterocycles. The van der Waals surface area contributed by atoms with E-state index >= 15 is 0 Å². The van der Waals surface area contributed by atoms with Gasteiger partial charge in [0.1, 0.15) is 0 Å². The van der Waals surface area contributed by atoms with Crippen LogP contribution < -0.4 is 5.32 Å². The highest BCUT2D eigenvalue weighted by Gasteiger charge is 2.36. The topological polar surface area (TPSA) is 108 Å². The van der Waals surface area contributed by atoms with Gasteiger partial charge in [0.25, 0.3) is 0 Å². The summed E-state index contributed by atoms with van der Waals surface area (Å²) in [5.74, 6) is 0.766. The molecule has 2 aliphatic carbocycles. The molecular formula is C53H67Br2Cl2N9O3. The van der Waals surface area contributed by atoms with Gasteiger partial charge in [-0.1, -0.05) is 42.8 Å². The molecule has 4 amide bonds. The maximum atomic E-state index is 13.1. The molecule has 16 heteroatoms. The summed E-state index contributed by atoms with van der Waals surface area (Å²) in [6.45, 7) is 11.5. The SMILES string of the molecule is C.CC(=O)N1CCC(CC(=O)N2CCN(C3c4ccc(Cl)cc4CCc4cc(Br)cnc43)CC2)CC1.CN1CCC(NC(=O)N2CCN(C3c4ccc(Cl)cc4CCc4cc(Br)cnc43)CC2)CC1. The van der Waals surface area contributed by atoms with Gasteiger partial charge < -0.3 is 24.9 Å². The number of piperidine rings is 2. The number of rotatable bonds is 5. The number of hydrogen-bond acceptors (Lipinski definition) is 8. The van der Waals surface area contributed by atoms with Crippen LogP contribution in [0.3, 0.4) is 0 Å². The van der Waals surface area contributed by atoms with E-state index in [0.717, 1.165) is 160 Å². The lowest BCUT2D eigenvalue weighted by atomic mass is 9.92. The molecule has 10 rings (SSSR count). The number of carbonyl (C=O) groups is 3. The number of benzene rings is 2. The van der Waals surface area contributed by atoms with E-state index in [1.54, 1.807) is 6.92 Å². The van der Waals surface area contributed by atoms with E-state index < -0.39 is 0 Å². The average Bonchev–Trinajstić information content (AvgIpc) is 3.59. The van der Waals surface area contributed by atoms with Gasteiger partial charge in [0.15, 0.2) is 0 Å². The van der Waals surface area contributed by atoms with E-state index in [-0.39, 0.29) is 37.4 Å². The number of carbonyl (C=O) groups excluding carboxylic acids is 3. The first kappa shape index (κ1) is 51.7. The largest absolute Gasteiger partial charge is 0.343 e. The Morgan fingerprint density at radius 3 is 1.55 bits per heavy atom. The van der Waals surface area contributed by atoms with Crippen molar-refractivity contribution in [2.75, 3.05) is 85.6 Å². The fourth-order valence-corrected chi connectivity index (χ4v) is 12.4. The lowest BCUT2D eigenvalue weighted by Crippen LogP contribution is -2.55. The van der Waals surface area contributed by atoms with E-state index in [0.29, 0.717) is 18.4 Å². The molecule has 2 aromatic heterocycles. The van der Waals surface area contributed by atoms with Gasteiger partial charge in [-0.25, -0.2) is 4.79 Å². The third-order valence-electron chi connectivity index (χ3n) is 15.1. The minimum absolute atomic E-state index is 0. The number of fused-ring (bicyclic) bond motifs is 4. The quantitative estimate of drug-likeness (QED) is 0.211. The summed E-state index contributed by atoms with van der Waals surface area (Å²) in [5, 5.41) is 4.82. The van der Waals surface area contributed by atoms with Crippen LogP contribution in [0.5, 0.6) is 0 Å². The predicted octanol–water partition coefficient (Wildman–Crippen LogP) is 9.22. The van der Waals surface area contributed by atoms with E-state index in [9.17, 15) is 14.4 Å². The van der Waals surface area contributed by atoms with E-state index in [1.807, 2.05) is 39.2 Å². The van der Waals surface area contributed by atoms with E-state index in [2.05, 4.69) is 95.3 Å². The molecule has 2 aromatic carbocycles. The van der Waals surface area contributed by atoms with Crippen LogP contribution >= 0.6 is 55.1 Å². The Morgan fingerprint density at radius 1 is 0.609 bits per heavy atom. The van der Waals surface area contributed by atoms with Crippen LogP contribution in [0.1, 0.15) is 103 Å². The standard InChI is InChI=1S/C27H32BrClN4O2.C25H31BrClN5O.CH4/c1-18(34)31-8-6-19(7-9-31)14-25(35)32-10-12-33(13-11-32)27-24-5-4-23(29)16-20(24)2-3-21-15-22(28)17-30-26(21)27;1-30-8-6-21(7-9-30)29-25(33)32-12-10-31(11-13-32)24-22-5-4-20(27)15-17(22)2-3-18-14-19(26)16-28-23(18)24;/h4-5,15-17,19,27H,2-3,6-14H2,1H3;4-5,14-16,21,24H,2-3,6-13H2,1H3,(H,29,33);1H4. The molecule has 4 fully saturated rings. The molecule has 6 heterocycles. The zero-order chi connectivity index (χ0) is 47.5. The smallest absolute Gasteiger partial charge is 0.317 e. The van der Waals surface area contributed by atoms with Crippen LogP contribution in [0.4, 0.5) is 4.79 Å². The first-order valence-corrected chi connectivity index (χ1v) is 26.8. The van der Waals surface area contributed by atoms with Crippen molar-refractivity contribution in [1.82, 2.24) is 44.7 Å². The fourth-order valence-electron chi connectivity index (χ4n) is 11.2. The molecule has 4 aromatic rings. The minimum Gasteiger partial charge on any atom is -0.343 e. The number of aromatic nitrogens is 2.